The molecule has 1 heterocycles. The van der Waals surface area contributed by atoms with E-state index < -0.39 is 24.1 Å². The Morgan fingerprint density at radius 1 is 1.30 bits per heavy atom. The lowest BCUT2D eigenvalue weighted by atomic mass is 9.70. The van der Waals surface area contributed by atoms with Crippen LogP contribution in [-0.2, 0) is 15.4 Å². The Morgan fingerprint density at radius 3 is 2.37 bits per heavy atom. The van der Waals surface area contributed by atoms with Gasteiger partial charge in [0.15, 0.2) is 8.32 Å². The Bertz CT molecular complexity index is 688. The topological polar surface area (TPSA) is 78.1 Å². The third kappa shape index (κ3) is 5.69. The van der Waals surface area contributed by atoms with E-state index in [-0.39, 0.29) is 11.0 Å². The lowest BCUT2D eigenvalue weighted by Crippen LogP contribution is -2.49. The van der Waals surface area contributed by atoms with Crippen molar-refractivity contribution in [3.63, 3.8) is 0 Å². The van der Waals surface area contributed by atoms with Crippen LogP contribution in [0.25, 0.3) is 0 Å². The van der Waals surface area contributed by atoms with Gasteiger partial charge in [0.1, 0.15) is 4.60 Å². The van der Waals surface area contributed by atoms with Crippen molar-refractivity contribution in [2.45, 2.75) is 88.8 Å². The van der Waals surface area contributed by atoms with Crippen LogP contribution in [0.1, 0.15) is 65.5 Å². The molecule has 5 nitrogen and oxygen atoms in total. The highest BCUT2D eigenvalue weighted by Gasteiger charge is 2.45. The van der Waals surface area contributed by atoms with Crippen LogP contribution in [0, 0.1) is 5.92 Å². The van der Waals surface area contributed by atoms with Crippen LogP contribution in [0.3, 0.4) is 0 Å². The molecule has 2 N–H and O–H groups in total. The standard InChI is InChI=1S/C19H34BrN3O2SSi/c1-18(2,3)27(6,7)25-14-8-13(9-14)15(10-19(4,5)26(21)24)16-11-22-12-17(20)23-16/h11-15H,8-10,21H2,1-7H3/t13?,14?,15-,26?/m0/s1. The molecule has 2 atom stereocenters. The molecule has 1 saturated carbocycles. The van der Waals surface area contributed by atoms with E-state index in [0.29, 0.717) is 12.0 Å². The van der Waals surface area contributed by atoms with E-state index in [1.54, 1.807) is 6.20 Å². The predicted molar refractivity (Wildman–Crippen MR) is 118 cm³/mol. The van der Waals surface area contributed by atoms with Crippen molar-refractivity contribution in [3.8, 4) is 0 Å². The number of rotatable bonds is 7. The van der Waals surface area contributed by atoms with Gasteiger partial charge in [0.05, 0.1) is 27.6 Å². The number of hydrogen-bond acceptors (Lipinski definition) is 4. The van der Waals surface area contributed by atoms with E-state index in [4.69, 9.17) is 9.56 Å². The van der Waals surface area contributed by atoms with Crippen molar-refractivity contribution in [1.82, 2.24) is 9.97 Å². The summed E-state index contributed by atoms with van der Waals surface area (Å²) in [6.07, 6.45) is 6.57. The molecular weight excluding hydrogens is 442 g/mol. The highest BCUT2D eigenvalue weighted by Crippen LogP contribution is 2.47. The van der Waals surface area contributed by atoms with Crippen LogP contribution in [0.15, 0.2) is 17.0 Å². The molecule has 0 aromatic carbocycles. The predicted octanol–water partition coefficient (Wildman–Crippen LogP) is 4.91. The summed E-state index contributed by atoms with van der Waals surface area (Å²) in [5.41, 5.74) is 0.943. The Hall–Kier alpha value is -0.153. The molecule has 0 aliphatic heterocycles. The molecule has 8 heteroatoms. The zero-order valence-corrected chi connectivity index (χ0v) is 21.0. The van der Waals surface area contributed by atoms with E-state index >= 15 is 0 Å². The quantitative estimate of drug-likeness (QED) is 0.567. The van der Waals surface area contributed by atoms with Crippen molar-refractivity contribution in [2.24, 2.45) is 11.1 Å². The van der Waals surface area contributed by atoms with Crippen LogP contribution in [-0.4, -0.2) is 33.3 Å². The molecule has 1 aromatic rings. The molecule has 0 amide bonds. The molecule has 1 fully saturated rings. The van der Waals surface area contributed by atoms with Gasteiger partial charge < -0.3 is 4.43 Å². The van der Waals surface area contributed by atoms with Crippen LogP contribution in [0.5, 0.6) is 0 Å². The first-order chi connectivity index (χ1) is 12.2. The highest BCUT2D eigenvalue weighted by molar-refractivity contribution is 9.10. The van der Waals surface area contributed by atoms with Gasteiger partial charge in [0, 0.05) is 18.2 Å². The molecule has 0 saturated heterocycles. The van der Waals surface area contributed by atoms with Crippen LogP contribution in [0.2, 0.25) is 18.1 Å². The van der Waals surface area contributed by atoms with Gasteiger partial charge in [0.2, 0.25) is 0 Å². The number of halogens is 1. The van der Waals surface area contributed by atoms with Crippen molar-refractivity contribution >= 4 is 35.2 Å². The fourth-order valence-corrected chi connectivity index (χ4v) is 5.33. The molecule has 0 spiro atoms. The van der Waals surface area contributed by atoms with Gasteiger partial charge >= 0.3 is 0 Å². The summed E-state index contributed by atoms with van der Waals surface area (Å²) in [5.74, 6) is 0.628. The molecular formula is C19H34BrN3O2SSi. The molecule has 27 heavy (non-hydrogen) atoms. The number of nitrogens with zero attached hydrogens (tertiary/aromatic N) is 2. The largest absolute Gasteiger partial charge is 0.414 e. The zero-order valence-electron chi connectivity index (χ0n) is 17.6. The Morgan fingerprint density at radius 2 is 1.89 bits per heavy atom. The van der Waals surface area contributed by atoms with Gasteiger partial charge in [-0.3, -0.25) is 10.1 Å². The summed E-state index contributed by atoms with van der Waals surface area (Å²) in [4.78, 5) is 8.93. The van der Waals surface area contributed by atoms with E-state index in [1.165, 1.54) is 0 Å². The Balaban J connectivity index is 2.14. The third-order valence-electron chi connectivity index (χ3n) is 6.23. The summed E-state index contributed by atoms with van der Waals surface area (Å²) >= 11 is 3.42. The van der Waals surface area contributed by atoms with E-state index in [9.17, 15) is 4.21 Å². The average molecular weight is 477 g/mol. The lowest BCUT2D eigenvalue weighted by molar-refractivity contribution is 0.0356. The highest BCUT2D eigenvalue weighted by atomic mass is 79.9. The number of aromatic nitrogens is 2. The Labute approximate surface area is 176 Å². The van der Waals surface area contributed by atoms with Crippen molar-refractivity contribution in [2.75, 3.05) is 0 Å². The maximum atomic E-state index is 12.0. The molecule has 1 aliphatic rings. The van der Waals surface area contributed by atoms with Crippen LogP contribution >= 0.6 is 15.9 Å². The average Bonchev–Trinajstić information content (AvgIpc) is 2.47. The first-order valence-corrected chi connectivity index (χ1v) is 14.5. The molecule has 1 aromatic heterocycles. The second-order valence-electron chi connectivity index (χ2n) is 9.87. The maximum Gasteiger partial charge on any atom is 0.192 e. The summed E-state index contributed by atoms with van der Waals surface area (Å²) in [6.45, 7) is 15.3. The zero-order chi connectivity index (χ0) is 20.6. The van der Waals surface area contributed by atoms with Gasteiger partial charge in [-0.25, -0.2) is 9.19 Å². The SMILES string of the molecule is CC(C)(C[C@H](c1cncc(Br)n1)C1CC(O[Si](C)(C)C(C)(C)C)C1)S(N)=O. The van der Waals surface area contributed by atoms with Gasteiger partial charge in [0.25, 0.3) is 0 Å². The summed E-state index contributed by atoms with van der Waals surface area (Å²) < 4.78 is 18.8. The summed E-state index contributed by atoms with van der Waals surface area (Å²) in [5, 5.41) is 5.97. The molecule has 0 bridgehead atoms. The monoisotopic (exact) mass is 475 g/mol. The number of nitrogens with two attached hydrogens (primary N) is 1. The van der Waals surface area contributed by atoms with Gasteiger partial charge in [-0.05, 0) is 73.1 Å². The minimum Gasteiger partial charge on any atom is -0.414 e. The second kappa shape index (κ2) is 8.30. The minimum absolute atomic E-state index is 0.178. The third-order valence-corrected chi connectivity index (χ3v) is 12.4. The van der Waals surface area contributed by atoms with E-state index in [0.717, 1.165) is 29.6 Å². The Kier molecular flexibility index (Phi) is 7.11. The van der Waals surface area contributed by atoms with Gasteiger partial charge in [-0.15, -0.1) is 0 Å². The summed E-state index contributed by atoms with van der Waals surface area (Å²) in [7, 11) is -3.15. The van der Waals surface area contributed by atoms with Crippen molar-refractivity contribution in [3.05, 3.63) is 22.7 Å². The normalized spacial score (nSPS) is 23.6. The van der Waals surface area contributed by atoms with Crippen LogP contribution in [0.4, 0.5) is 0 Å². The van der Waals surface area contributed by atoms with Crippen LogP contribution < -0.4 is 5.14 Å². The van der Waals surface area contributed by atoms with Gasteiger partial charge in [-0.2, -0.15) is 0 Å². The van der Waals surface area contributed by atoms with Gasteiger partial charge in [-0.1, -0.05) is 20.8 Å². The van der Waals surface area contributed by atoms with Crippen molar-refractivity contribution < 1.29 is 8.63 Å². The molecule has 2 rings (SSSR count). The maximum absolute atomic E-state index is 12.0. The fraction of sp³-hybridized carbons (Fsp3) is 0.789. The molecule has 1 aliphatic carbocycles. The van der Waals surface area contributed by atoms with Crippen molar-refractivity contribution in [1.29, 1.82) is 0 Å². The van der Waals surface area contributed by atoms with E-state index in [1.807, 2.05) is 20.0 Å². The summed E-state index contributed by atoms with van der Waals surface area (Å²) in [6, 6.07) is 0. The first-order valence-electron chi connectivity index (χ1n) is 9.54. The lowest BCUT2D eigenvalue weighted by Gasteiger charge is -2.47. The second-order valence-corrected chi connectivity index (χ2v) is 17.1. The fourth-order valence-electron chi connectivity index (χ4n) is 3.28. The smallest absolute Gasteiger partial charge is 0.192 e. The molecule has 0 radical (unpaired) electrons. The molecule has 154 valence electrons. The molecule has 1 unspecified atom stereocenters. The minimum atomic E-state index is -1.76. The first kappa shape index (κ1) is 23.1. The van der Waals surface area contributed by atoms with E-state index in [2.05, 4.69) is 59.8 Å². The number of hydrogen-bond donors (Lipinski definition) is 1.